The molecular weight excluding hydrogens is 231 g/mol. The van der Waals surface area contributed by atoms with Crippen molar-refractivity contribution in [1.29, 1.82) is 0 Å². The maximum atomic E-state index is 13.3. The molecule has 1 fully saturated rings. The number of amides is 1. The van der Waals surface area contributed by atoms with Crippen LogP contribution in [-0.4, -0.2) is 19.0 Å². The highest BCUT2D eigenvalue weighted by atomic mass is 19.1. The summed E-state index contributed by atoms with van der Waals surface area (Å²) >= 11 is 0. The van der Waals surface area contributed by atoms with E-state index in [0.717, 1.165) is 38.0 Å². The first-order chi connectivity index (χ1) is 8.70. The van der Waals surface area contributed by atoms with E-state index in [1.54, 1.807) is 6.07 Å². The third kappa shape index (κ3) is 3.00. The van der Waals surface area contributed by atoms with Gasteiger partial charge < -0.3 is 10.2 Å². The molecule has 1 heterocycles. The Balaban J connectivity index is 2.20. The van der Waals surface area contributed by atoms with Crippen LogP contribution in [0.4, 0.5) is 15.8 Å². The van der Waals surface area contributed by atoms with Gasteiger partial charge in [0.25, 0.3) is 0 Å². The van der Waals surface area contributed by atoms with Crippen LogP contribution in [0.5, 0.6) is 0 Å². The molecule has 2 rings (SSSR count). The molecule has 0 aliphatic carbocycles. The van der Waals surface area contributed by atoms with Crippen molar-refractivity contribution in [2.24, 2.45) is 0 Å². The number of anilines is 2. The second-order valence-electron chi connectivity index (χ2n) is 4.65. The number of carbonyl (C=O) groups is 1. The predicted molar refractivity (Wildman–Crippen MR) is 71.4 cm³/mol. The Morgan fingerprint density at radius 2 is 2.11 bits per heavy atom. The Hall–Kier alpha value is -1.58. The van der Waals surface area contributed by atoms with E-state index in [0.29, 0.717) is 12.1 Å². The van der Waals surface area contributed by atoms with Crippen LogP contribution in [-0.2, 0) is 4.79 Å². The van der Waals surface area contributed by atoms with E-state index in [1.165, 1.54) is 12.1 Å². The fraction of sp³-hybridized carbons (Fsp3) is 0.500. The number of hydrogen-bond acceptors (Lipinski definition) is 2. The fourth-order valence-electron chi connectivity index (χ4n) is 2.28. The van der Waals surface area contributed by atoms with Gasteiger partial charge in [0.1, 0.15) is 5.82 Å². The van der Waals surface area contributed by atoms with Gasteiger partial charge in [0.2, 0.25) is 5.91 Å². The third-order valence-electron chi connectivity index (χ3n) is 3.16. The van der Waals surface area contributed by atoms with E-state index >= 15 is 0 Å². The Kier molecular flexibility index (Phi) is 4.18. The standard InChI is InChI=1S/C14H19FN2O/c1-2-5-14(18)16-12-10-11(15)6-7-13(12)17-8-3-4-9-17/h6-7,10H,2-5,8-9H2,1H3,(H,16,18). The minimum absolute atomic E-state index is 0.0523. The van der Waals surface area contributed by atoms with Crippen molar-refractivity contribution in [2.45, 2.75) is 32.6 Å². The molecule has 0 unspecified atom stereocenters. The summed E-state index contributed by atoms with van der Waals surface area (Å²) in [5, 5.41) is 2.81. The molecule has 0 aromatic heterocycles. The summed E-state index contributed by atoms with van der Waals surface area (Å²) in [7, 11) is 0. The Bertz CT molecular complexity index is 428. The molecule has 1 saturated heterocycles. The van der Waals surface area contributed by atoms with Gasteiger partial charge >= 0.3 is 0 Å². The SMILES string of the molecule is CCCC(=O)Nc1cc(F)ccc1N1CCCC1. The lowest BCUT2D eigenvalue weighted by atomic mass is 10.2. The number of hydrogen-bond donors (Lipinski definition) is 1. The van der Waals surface area contributed by atoms with Crippen molar-refractivity contribution >= 4 is 17.3 Å². The summed E-state index contributed by atoms with van der Waals surface area (Å²) < 4.78 is 13.3. The third-order valence-corrected chi connectivity index (χ3v) is 3.16. The normalized spacial score (nSPS) is 14.9. The summed E-state index contributed by atoms with van der Waals surface area (Å²) in [5.41, 5.74) is 1.52. The van der Waals surface area contributed by atoms with Crippen LogP contribution >= 0.6 is 0 Å². The molecule has 4 heteroatoms. The van der Waals surface area contributed by atoms with Gasteiger partial charge in [0.15, 0.2) is 0 Å². The maximum Gasteiger partial charge on any atom is 0.224 e. The molecule has 1 N–H and O–H groups in total. The summed E-state index contributed by atoms with van der Waals surface area (Å²) in [6.07, 6.45) is 3.57. The smallest absolute Gasteiger partial charge is 0.224 e. The largest absolute Gasteiger partial charge is 0.370 e. The van der Waals surface area contributed by atoms with E-state index < -0.39 is 0 Å². The molecule has 0 bridgehead atoms. The molecule has 1 aliphatic rings. The van der Waals surface area contributed by atoms with Crippen LogP contribution < -0.4 is 10.2 Å². The Labute approximate surface area is 107 Å². The van der Waals surface area contributed by atoms with E-state index in [1.807, 2.05) is 6.92 Å². The van der Waals surface area contributed by atoms with Crippen molar-refractivity contribution in [3.8, 4) is 0 Å². The molecular formula is C14H19FN2O. The van der Waals surface area contributed by atoms with Crippen LogP contribution in [0.3, 0.4) is 0 Å². The minimum atomic E-state index is -0.315. The van der Waals surface area contributed by atoms with Crippen molar-refractivity contribution in [1.82, 2.24) is 0 Å². The van der Waals surface area contributed by atoms with Gasteiger partial charge in [-0.15, -0.1) is 0 Å². The molecule has 1 amide bonds. The van der Waals surface area contributed by atoms with E-state index in [4.69, 9.17) is 0 Å². The van der Waals surface area contributed by atoms with Crippen molar-refractivity contribution in [3.63, 3.8) is 0 Å². The van der Waals surface area contributed by atoms with Crippen molar-refractivity contribution in [3.05, 3.63) is 24.0 Å². The topological polar surface area (TPSA) is 32.3 Å². The molecule has 0 saturated carbocycles. The second-order valence-corrected chi connectivity index (χ2v) is 4.65. The quantitative estimate of drug-likeness (QED) is 0.890. The Morgan fingerprint density at radius 1 is 1.39 bits per heavy atom. The van der Waals surface area contributed by atoms with Gasteiger partial charge in [-0.25, -0.2) is 4.39 Å². The minimum Gasteiger partial charge on any atom is -0.370 e. The molecule has 0 atom stereocenters. The molecule has 3 nitrogen and oxygen atoms in total. The van der Waals surface area contributed by atoms with Gasteiger partial charge in [0, 0.05) is 19.5 Å². The van der Waals surface area contributed by atoms with Crippen molar-refractivity contribution in [2.75, 3.05) is 23.3 Å². The summed E-state index contributed by atoms with van der Waals surface area (Å²) in [6.45, 7) is 3.90. The molecule has 1 aliphatic heterocycles. The lowest BCUT2D eigenvalue weighted by Gasteiger charge is -2.21. The zero-order chi connectivity index (χ0) is 13.0. The molecule has 0 spiro atoms. The highest BCUT2D eigenvalue weighted by Gasteiger charge is 2.17. The van der Waals surface area contributed by atoms with Crippen molar-refractivity contribution < 1.29 is 9.18 Å². The van der Waals surface area contributed by atoms with Gasteiger partial charge in [-0.2, -0.15) is 0 Å². The molecule has 1 aromatic rings. The van der Waals surface area contributed by atoms with Gasteiger partial charge in [0.05, 0.1) is 11.4 Å². The number of benzene rings is 1. The molecule has 1 aromatic carbocycles. The lowest BCUT2D eigenvalue weighted by molar-refractivity contribution is -0.116. The van der Waals surface area contributed by atoms with Crippen LogP contribution in [0, 0.1) is 5.82 Å². The highest BCUT2D eigenvalue weighted by Crippen LogP contribution is 2.29. The first-order valence-electron chi connectivity index (χ1n) is 6.55. The van der Waals surface area contributed by atoms with Gasteiger partial charge in [-0.05, 0) is 37.5 Å². The monoisotopic (exact) mass is 250 g/mol. The average Bonchev–Trinajstić information content (AvgIpc) is 2.83. The summed E-state index contributed by atoms with van der Waals surface area (Å²) in [6, 6.07) is 4.60. The predicted octanol–water partition coefficient (Wildman–Crippen LogP) is 3.16. The van der Waals surface area contributed by atoms with Gasteiger partial charge in [-0.3, -0.25) is 4.79 Å². The summed E-state index contributed by atoms with van der Waals surface area (Å²) in [4.78, 5) is 13.8. The lowest BCUT2D eigenvalue weighted by Crippen LogP contribution is -2.21. The average molecular weight is 250 g/mol. The van der Waals surface area contributed by atoms with E-state index in [-0.39, 0.29) is 11.7 Å². The fourth-order valence-corrected chi connectivity index (χ4v) is 2.28. The van der Waals surface area contributed by atoms with Crippen LogP contribution in [0.2, 0.25) is 0 Å². The molecule has 0 radical (unpaired) electrons. The van der Waals surface area contributed by atoms with Gasteiger partial charge in [-0.1, -0.05) is 6.92 Å². The zero-order valence-corrected chi connectivity index (χ0v) is 10.7. The molecule has 18 heavy (non-hydrogen) atoms. The number of rotatable bonds is 4. The first kappa shape index (κ1) is 12.9. The van der Waals surface area contributed by atoms with Crippen LogP contribution in [0.15, 0.2) is 18.2 Å². The van der Waals surface area contributed by atoms with E-state index in [9.17, 15) is 9.18 Å². The highest BCUT2D eigenvalue weighted by molar-refractivity contribution is 5.94. The molecule has 98 valence electrons. The van der Waals surface area contributed by atoms with Crippen LogP contribution in [0.25, 0.3) is 0 Å². The maximum absolute atomic E-state index is 13.3. The van der Waals surface area contributed by atoms with E-state index in [2.05, 4.69) is 10.2 Å². The second kappa shape index (κ2) is 5.85. The zero-order valence-electron chi connectivity index (χ0n) is 10.7. The Morgan fingerprint density at radius 3 is 2.78 bits per heavy atom. The first-order valence-corrected chi connectivity index (χ1v) is 6.55. The number of nitrogens with zero attached hydrogens (tertiary/aromatic N) is 1. The number of nitrogens with one attached hydrogen (secondary N) is 1. The number of halogens is 1. The van der Waals surface area contributed by atoms with Crippen LogP contribution in [0.1, 0.15) is 32.6 Å². The summed E-state index contributed by atoms with van der Waals surface area (Å²) in [5.74, 6) is -0.367. The number of carbonyl (C=O) groups excluding carboxylic acids is 1.